The Morgan fingerprint density at radius 1 is 1.08 bits per heavy atom. The van der Waals surface area contributed by atoms with Gasteiger partial charge in [0.1, 0.15) is 5.82 Å². The van der Waals surface area contributed by atoms with Crippen LogP contribution in [0.15, 0.2) is 42.6 Å². The summed E-state index contributed by atoms with van der Waals surface area (Å²) in [7, 11) is 0. The standard InChI is InChI=1S/C19H19N5/c1-10(2)11-4-3-5-12(8-11)14-9-15-16(13-6-7-22-17(13)14)18(20)24-19(21)23-15/h3-10H,20H2,1-2H3,(H3,21,23,24). The predicted octanol–water partition coefficient (Wildman–Crippen LogP) is 4.07. The Balaban J connectivity index is 2.08. The third-order valence-electron chi connectivity index (χ3n) is 4.41. The Kier molecular flexibility index (Phi) is 3.16. The van der Waals surface area contributed by atoms with E-state index < -0.39 is 0 Å². The molecule has 0 aliphatic carbocycles. The van der Waals surface area contributed by atoms with E-state index in [0.717, 1.165) is 32.9 Å². The second-order valence-electron chi connectivity index (χ2n) is 6.34. The summed E-state index contributed by atoms with van der Waals surface area (Å²) in [5.41, 5.74) is 17.2. The zero-order valence-electron chi connectivity index (χ0n) is 13.7. The lowest BCUT2D eigenvalue weighted by Crippen LogP contribution is -2.01. The molecule has 0 aliphatic rings. The van der Waals surface area contributed by atoms with Crippen molar-refractivity contribution in [1.82, 2.24) is 15.0 Å². The number of nitrogens with zero attached hydrogens (tertiary/aromatic N) is 2. The molecule has 0 fully saturated rings. The Labute approximate surface area is 139 Å². The van der Waals surface area contributed by atoms with E-state index in [2.05, 4.69) is 59.1 Å². The Hall–Kier alpha value is -3.08. The molecule has 0 saturated heterocycles. The van der Waals surface area contributed by atoms with Gasteiger partial charge in [-0.1, -0.05) is 38.1 Å². The Morgan fingerprint density at radius 3 is 2.71 bits per heavy atom. The van der Waals surface area contributed by atoms with Crippen LogP contribution in [0, 0.1) is 0 Å². The minimum absolute atomic E-state index is 0.306. The van der Waals surface area contributed by atoms with E-state index in [1.54, 1.807) is 6.20 Å². The first-order valence-electron chi connectivity index (χ1n) is 7.97. The van der Waals surface area contributed by atoms with Gasteiger partial charge in [0.05, 0.1) is 11.0 Å². The molecule has 0 saturated carbocycles. The molecular formula is C19H19N5. The lowest BCUT2D eigenvalue weighted by atomic mass is 9.95. The fraction of sp³-hybridized carbons (Fsp3) is 0.158. The van der Waals surface area contributed by atoms with Gasteiger partial charge in [-0.25, -0.2) is 0 Å². The van der Waals surface area contributed by atoms with Crippen molar-refractivity contribution in [2.24, 2.45) is 0 Å². The van der Waals surface area contributed by atoms with Crippen LogP contribution in [-0.4, -0.2) is 15.0 Å². The topological polar surface area (TPSA) is 93.6 Å². The molecule has 4 aromatic rings. The molecule has 0 amide bonds. The van der Waals surface area contributed by atoms with E-state index in [-0.39, 0.29) is 0 Å². The molecule has 2 aromatic carbocycles. The monoisotopic (exact) mass is 317 g/mol. The average Bonchev–Trinajstić information content (AvgIpc) is 3.02. The van der Waals surface area contributed by atoms with E-state index in [4.69, 9.17) is 11.5 Å². The van der Waals surface area contributed by atoms with Gasteiger partial charge in [-0.05, 0) is 29.2 Å². The summed E-state index contributed by atoms with van der Waals surface area (Å²) in [5, 5.41) is 1.85. The summed E-state index contributed by atoms with van der Waals surface area (Å²) in [5.74, 6) is 1.19. The lowest BCUT2D eigenvalue weighted by molar-refractivity contribution is 0.867. The molecule has 5 nitrogen and oxygen atoms in total. The third-order valence-corrected chi connectivity index (χ3v) is 4.41. The first-order valence-corrected chi connectivity index (χ1v) is 7.97. The van der Waals surface area contributed by atoms with E-state index in [1.165, 1.54) is 5.56 Å². The molecule has 0 spiro atoms. The number of anilines is 2. The van der Waals surface area contributed by atoms with Gasteiger partial charge in [0, 0.05) is 22.5 Å². The van der Waals surface area contributed by atoms with Crippen LogP contribution in [0.5, 0.6) is 0 Å². The van der Waals surface area contributed by atoms with Crippen molar-refractivity contribution >= 4 is 33.6 Å². The SMILES string of the molecule is CC(C)c1cccc(-c2cc3[nH]c(N)nc(N)c3c3ccnc23)c1. The van der Waals surface area contributed by atoms with Crippen molar-refractivity contribution in [3.05, 3.63) is 48.2 Å². The predicted molar refractivity (Wildman–Crippen MR) is 99.7 cm³/mol. The highest BCUT2D eigenvalue weighted by Crippen LogP contribution is 2.36. The van der Waals surface area contributed by atoms with Gasteiger partial charge in [-0.15, -0.1) is 0 Å². The van der Waals surface area contributed by atoms with Gasteiger partial charge >= 0.3 is 0 Å². The maximum absolute atomic E-state index is 6.10. The number of nitrogens with two attached hydrogens (primary N) is 2. The van der Waals surface area contributed by atoms with Crippen LogP contribution >= 0.6 is 0 Å². The van der Waals surface area contributed by atoms with Gasteiger partial charge in [0.15, 0.2) is 5.95 Å². The maximum atomic E-state index is 6.10. The van der Waals surface area contributed by atoms with E-state index >= 15 is 0 Å². The lowest BCUT2D eigenvalue weighted by Gasteiger charge is -2.12. The van der Waals surface area contributed by atoms with Crippen LogP contribution in [0.1, 0.15) is 25.3 Å². The maximum Gasteiger partial charge on any atom is 0.199 e. The van der Waals surface area contributed by atoms with Crippen LogP contribution in [0.2, 0.25) is 0 Å². The van der Waals surface area contributed by atoms with Crippen LogP contribution < -0.4 is 11.5 Å². The van der Waals surface area contributed by atoms with E-state index in [9.17, 15) is 0 Å². The highest BCUT2D eigenvalue weighted by atomic mass is 15.0. The molecule has 0 atom stereocenters. The van der Waals surface area contributed by atoms with Crippen molar-refractivity contribution in [2.45, 2.75) is 19.8 Å². The molecular weight excluding hydrogens is 298 g/mol. The number of nitrogens with one attached hydrogen (secondary N) is 1. The molecule has 120 valence electrons. The fourth-order valence-electron chi connectivity index (χ4n) is 3.19. The highest BCUT2D eigenvalue weighted by molar-refractivity contribution is 6.15. The van der Waals surface area contributed by atoms with Crippen molar-refractivity contribution in [3.63, 3.8) is 0 Å². The van der Waals surface area contributed by atoms with Crippen LogP contribution in [-0.2, 0) is 0 Å². The number of fused-ring (bicyclic) bond motifs is 3. The van der Waals surface area contributed by atoms with Crippen LogP contribution in [0.3, 0.4) is 0 Å². The van der Waals surface area contributed by atoms with Crippen LogP contribution in [0.25, 0.3) is 32.9 Å². The van der Waals surface area contributed by atoms with Gasteiger partial charge in [-0.2, -0.15) is 4.98 Å². The summed E-state index contributed by atoms with van der Waals surface area (Å²) < 4.78 is 0. The van der Waals surface area contributed by atoms with Crippen molar-refractivity contribution < 1.29 is 0 Å². The molecule has 24 heavy (non-hydrogen) atoms. The number of aromatic amines is 1. The highest BCUT2D eigenvalue weighted by Gasteiger charge is 2.14. The molecule has 0 radical (unpaired) electrons. The number of hydrogen-bond acceptors (Lipinski definition) is 4. The average molecular weight is 317 g/mol. The molecule has 0 unspecified atom stereocenters. The summed E-state index contributed by atoms with van der Waals surface area (Å²) in [4.78, 5) is 11.8. The molecule has 5 heteroatoms. The van der Waals surface area contributed by atoms with Gasteiger partial charge in [-0.3, -0.25) is 4.98 Å². The van der Waals surface area contributed by atoms with E-state index in [1.807, 2.05) is 6.07 Å². The molecule has 2 heterocycles. The zero-order valence-corrected chi connectivity index (χ0v) is 13.7. The number of hydrogen-bond donors (Lipinski definition) is 3. The van der Waals surface area contributed by atoms with Crippen molar-refractivity contribution in [1.29, 1.82) is 0 Å². The zero-order chi connectivity index (χ0) is 16.8. The molecule has 4 rings (SSSR count). The molecule has 5 N–H and O–H groups in total. The first kappa shape index (κ1) is 14.5. The summed E-state index contributed by atoms with van der Waals surface area (Å²) in [6.07, 6.45) is 1.80. The Bertz CT molecular complexity index is 1060. The number of aromatic nitrogens is 3. The second kappa shape index (κ2) is 5.23. The quantitative estimate of drug-likeness (QED) is 0.519. The summed E-state index contributed by atoms with van der Waals surface area (Å²) in [6, 6.07) is 12.6. The normalized spacial score (nSPS) is 11.6. The summed E-state index contributed by atoms with van der Waals surface area (Å²) >= 11 is 0. The second-order valence-corrected chi connectivity index (χ2v) is 6.34. The van der Waals surface area contributed by atoms with E-state index in [0.29, 0.717) is 17.7 Å². The molecule has 0 aliphatic heterocycles. The van der Waals surface area contributed by atoms with Crippen molar-refractivity contribution in [3.8, 4) is 11.1 Å². The largest absolute Gasteiger partial charge is 0.383 e. The molecule has 2 aromatic heterocycles. The summed E-state index contributed by atoms with van der Waals surface area (Å²) in [6.45, 7) is 4.38. The smallest absolute Gasteiger partial charge is 0.199 e. The first-order chi connectivity index (χ1) is 11.5. The fourth-order valence-corrected chi connectivity index (χ4v) is 3.19. The Morgan fingerprint density at radius 2 is 1.92 bits per heavy atom. The van der Waals surface area contributed by atoms with Crippen LogP contribution in [0.4, 0.5) is 11.8 Å². The number of rotatable bonds is 2. The third kappa shape index (κ3) is 2.17. The minimum atomic E-state index is 0.306. The number of H-pyrrole nitrogens is 1. The van der Waals surface area contributed by atoms with Gasteiger partial charge in [0.2, 0.25) is 0 Å². The van der Waals surface area contributed by atoms with Gasteiger partial charge < -0.3 is 16.5 Å². The number of benzene rings is 2. The number of nitrogen functional groups attached to an aromatic ring is 2. The molecule has 0 bridgehead atoms. The van der Waals surface area contributed by atoms with Gasteiger partial charge in [0.25, 0.3) is 0 Å². The van der Waals surface area contributed by atoms with Crippen molar-refractivity contribution in [2.75, 3.05) is 11.5 Å². The minimum Gasteiger partial charge on any atom is -0.383 e.